The highest BCUT2D eigenvalue weighted by Crippen LogP contribution is 2.34. The van der Waals surface area contributed by atoms with Gasteiger partial charge in [-0.1, -0.05) is 59.2 Å². The van der Waals surface area contributed by atoms with Crippen LogP contribution in [0.25, 0.3) is 0 Å². The summed E-state index contributed by atoms with van der Waals surface area (Å²) in [6, 6.07) is 6.50. The van der Waals surface area contributed by atoms with Gasteiger partial charge in [0.15, 0.2) is 5.82 Å². The van der Waals surface area contributed by atoms with Gasteiger partial charge in [0.1, 0.15) is 0 Å². The molecule has 0 saturated heterocycles. The summed E-state index contributed by atoms with van der Waals surface area (Å²) in [6.07, 6.45) is 3.96. The Kier molecular flexibility index (Phi) is 6.73. The van der Waals surface area contributed by atoms with E-state index in [0.717, 1.165) is 30.9 Å². The lowest BCUT2D eigenvalue weighted by Crippen LogP contribution is -2.21. The summed E-state index contributed by atoms with van der Waals surface area (Å²) in [6.45, 7) is 12.0. The van der Waals surface area contributed by atoms with Gasteiger partial charge in [-0.2, -0.15) is 10.1 Å². The second kappa shape index (κ2) is 8.79. The third-order valence-corrected chi connectivity index (χ3v) is 4.36. The van der Waals surface area contributed by atoms with Crippen molar-refractivity contribution in [3.63, 3.8) is 0 Å². The Morgan fingerprint density at radius 1 is 1.08 bits per heavy atom. The maximum atomic E-state index is 4.66. The zero-order valence-electron chi connectivity index (χ0n) is 16.4. The first-order chi connectivity index (χ1) is 11.9. The fraction of sp³-hybridized carbons (Fsp3) is 0.550. The molecule has 0 atom stereocenters. The average molecular weight is 342 g/mol. The number of para-hydroxylation sites is 1. The summed E-state index contributed by atoms with van der Waals surface area (Å²) in [7, 11) is 2.01. The van der Waals surface area contributed by atoms with E-state index in [2.05, 4.69) is 78.2 Å². The highest BCUT2D eigenvalue weighted by molar-refractivity contribution is 5.66. The molecule has 2 aromatic rings. The van der Waals surface area contributed by atoms with Gasteiger partial charge in [-0.3, -0.25) is 0 Å². The molecule has 0 fully saturated rings. The molecule has 0 aliphatic rings. The smallest absolute Gasteiger partial charge is 0.247 e. The number of nitrogens with one attached hydrogen (secondary N) is 1. The molecular weight excluding hydrogens is 310 g/mol. The van der Waals surface area contributed by atoms with Crippen molar-refractivity contribution in [2.24, 2.45) is 0 Å². The highest BCUT2D eigenvalue weighted by Gasteiger charge is 2.15. The second-order valence-electron chi connectivity index (χ2n) is 7.16. The molecular formula is C20H31N5. The zero-order valence-corrected chi connectivity index (χ0v) is 16.4. The average Bonchev–Trinajstić information content (AvgIpc) is 2.59. The van der Waals surface area contributed by atoms with Crippen LogP contribution in [0, 0.1) is 0 Å². The lowest BCUT2D eigenvalue weighted by Gasteiger charge is -2.21. The molecule has 0 unspecified atom stereocenters. The molecule has 0 aliphatic heterocycles. The number of benzene rings is 1. The van der Waals surface area contributed by atoms with E-state index >= 15 is 0 Å². The van der Waals surface area contributed by atoms with Crippen LogP contribution in [0.2, 0.25) is 0 Å². The topological polar surface area (TPSA) is 53.9 Å². The summed E-state index contributed by atoms with van der Waals surface area (Å²) in [4.78, 5) is 6.72. The van der Waals surface area contributed by atoms with E-state index < -0.39 is 0 Å². The molecule has 1 aromatic carbocycles. The Labute approximate surface area is 151 Å². The first-order valence-corrected chi connectivity index (χ1v) is 9.24. The summed E-state index contributed by atoms with van der Waals surface area (Å²) in [5, 5.41) is 11.8. The molecule has 0 aliphatic carbocycles. The van der Waals surface area contributed by atoms with Gasteiger partial charge >= 0.3 is 0 Å². The molecule has 2 rings (SSSR count). The van der Waals surface area contributed by atoms with Crippen molar-refractivity contribution in [2.45, 2.75) is 59.3 Å². The zero-order chi connectivity index (χ0) is 18.4. The van der Waals surface area contributed by atoms with Crippen LogP contribution in [0.3, 0.4) is 0 Å². The molecule has 25 heavy (non-hydrogen) atoms. The highest BCUT2D eigenvalue weighted by atomic mass is 15.3. The number of hydrogen-bond donors (Lipinski definition) is 1. The number of unbranched alkanes of at least 4 members (excludes halogenated alkanes) is 1. The van der Waals surface area contributed by atoms with Gasteiger partial charge in [0.05, 0.1) is 6.20 Å². The molecule has 0 saturated carbocycles. The molecule has 1 heterocycles. The SMILES string of the molecule is CCCCN(C)c1nncc(Nc2c(C(C)C)cccc2C(C)C)n1. The molecule has 0 radical (unpaired) electrons. The minimum absolute atomic E-state index is 0.433. The van der Waals surface area contributed by atoms with Crippen LogP contribution in [0.5, 0.6) is 0 Å². The minimum Gasteiger partial charge on any atom is -0.343 e. The Hall–Kier alpha value is -2.17. The fourth-order valence-corrected chi connectivity index (χ4v) is 2.83. The van der Waals surface area contributed by atoms with Gasteiger partial charge < -0.3 is 10.2 Å². The van der Waals surface area contributed by atoms with Gasteiger partial charge in [-0.25, -0.2) is 0 Å². The van der Waals surface area contributed by atoms with Crippen molar-refractivity contribution in [3.05, 3.63) is 35.5 Å². The number of hydrogen-bond acceptors (Lipinski definition) is 5. The maximum absolute atomic E-state index is 4.66. The second-order valence-corrected chi connectivity index (χ2v) is 7.16. The normalized spacial score (nSPS) is 11.2. The standard InChI is InChI=1S/C20H31N5/c1-7-8-12-25(6)20-23-18(13-21-24-20)22-19-16(14(2)3)10-9-11-17(19)15(4)5/h9-11,13-15H,7-8,12H2,1-6H3,(H,22,23,24). The van der Waals surface area contributed by atoms with Crippen molar-refractivity contribution in [2.75, 3.05) is 23.8 Å². The van der Waals surface area contributed by atoms with Gasteiger partial charge in [0.2, 0.25) is 5.95 Å². The minimum atomic E-state index is 0.433. The third kappa shape index (κ3) is 4.91. The summed E-state index contributed by atoms with van der Waals surface area (Å²) in [5.74, 6) is 2.26. The van der Waals surface area contributed by atoms with Crippen LogP contribution in [0.1, 0.15) is 70.4 Å². The van der Waals surface area contributed by atoms with Crippen LogP contribution >= 0.6 is 0 Å². The lowest BCUT2D eigenvalue weighted by atomic mass is 9.92. The summed E-state index contributed by atoms with van der Waals surface area (Å²) < 4.78 is 0. The number of rotatable bonds is 8. The Balaban J connectivity index is 2.33. The molecule has 0 bridgehead atoms. The molecule has 0 amide bonds. The first kappa shape index (κ1) is 19.2. The first-order valence-electron chi connectivity index (χ1n) is 9.24. The van der Waals surface area contributed by atoms with E-state index in [1.807, 2.05) is 7.05 Å². The van der Waals surface area contributed by atoms with Crippen molar-refractivity contribution in [1.29, 1.82) is 0 Å². The molecule has 0 spiro atoms. The van der Waals surface area contributed by atoms with Crippen molar-refractivity contribution in [3.8, 4) is 0 Å². The lowest BCUT2D eigenvalue weighted by molar-refractivity contribution is 0.741. The summed E-state index contributed by atoms with van der Waals surface area (Å²) in [5.41, 5.74) is 3.74. The van der Waals surface area contributed by atoms with E-state index in [9.17, 15) is 0 Å². The largest absolute Gasteiger partial charge is 0.343 e. The Bertz CT molecular complexity index is 655. The van der Waals surface area contributed by atoms with Gasteiger partial charge in [-0.15, -0.1) is 5.10 Å². The van der Waals surface area contributed by atoms with E-state index in [4.69, 9.17) is 0 Å². The third-order valence-electron chi connectivity index (χ3n) is 4.36. The number of anilines is 3. The molecule has 5 heteroatoms. The predicted octanol–water partition coefficient (Wildman–Crippen LogP) is 5.10. The number of nitrogens with zero attached hydrogens (tertiary/aromatic N) is 4. The van der Waals surface area contributed by atoms with Crippen molar-refractivity contribution < 1.29 is 0 Å². The maximum Gasteiger partial charge on any atom is 0.247 e. The van der Waals surface area contributed by atoms with Crippen molar-refractivity contribution >= 4 is 17.5 Å². The van der Waals surface area contributed by atoms with E-state index in [0.29, 0.717) is 17.8 Å². The van der Waals surface area contributed by atoms with Gasteiger partial charge in [0.25, 0.3) is 0 Å². The van der Waals surface area contributed by atoms with Crippen LogP contribution in [-0.4, -0.2) is 28.8 Å². The fourth-order valence-electron chi connectivity index (χ4n) is 2.83. The molecule has 1 N–H and O–H groups in total. The predicted molar refractivity (Wildman–Crippen MR) is 106 cm³/mol. The molecule has 1 aromatic heterocycles. The van der Waals surface area contributed by atoms with Gasteiger partial charge in [-0.05, 0) is 29.4 Å². The van der Waals surface area contributed by atoms with E-state index in [1.54, 1.807) is 6.20 Å². The molecule has 5 nitrogen and oxygen atoms in total. The summed E-state index contributed by atoms with van der Waals surface area (Å²) >= 11 is 0. The van der Waals surface area contributed by atoms with Crippen LogP contribution in [0.15, 0.2) is 24.4 Å². The van der Waals surface area contributed by atoms with Crippen LogP contribution in [-0.2, 0) is 0 Å². The van der Waals surface area contributed by atoms with Crippen molar-refractivity contribution in [1.82, 2.24) is 15.2 Å². The Morgan fingerprint density at radius 3 is 2.28 bits per heavy atom. The van der Waals surface area contributed by atoms with Crippen LogP contribution in [0.4, 0.5) is 17.5 Å². The number of aromatic nitrogens is 3. The van der Waals surface area contributed by atoms with Crippen LogP contribution < -0.4 is 10.2 Å². The monoisotopic (exact) mass is 341 g/mol. The van der Waals surface area contributed by atoms with E-state index in [-0.39, 0.29) is 0 Å². The van der Waals surface area contributed by atoms with E-state index in [1.165, 1.54) is 11.1 Å². The van der Waals surface area contributed by atoms with Gasteiger partial charge in [0, 0.05) is 19.3 Å². The quantitative estimate of drug-likeness (QED) is 0.724. The Morgan fingerprint density at radius 2 is 1.72 bits per heavy atom. The molecule has 136 valence electrons.